The molecule has 0 radical (unpaired) electrons. The summed E-state index contributed by atoms with van der Waals surface area (Å²) in [6.45, 7) is 2.61. The summed E-state index contributed by atoms with van der Waals surface area (Å²) in [6, 6.07) is 13.5. The molecule has 6 heteroatoms. The molecule has 3 rings (SSSR count). The van der Waals surface area contributed by atoms with Crippen LogP contribution in [-0.4, -0.2) is 28.1 Å². The molecular formula is C21H27FN2O2S. The van der Waals surface area contributed by atoms with Crippen LogP contribution >= 0.6 is 0 Å². The first-order valence-corrected chi connectivity index (χ1v) is 11.1. The van der Waals surface area contributed by atoms with Crippen molar-refractivity contribution in [2.45, 2.75) is 43.4 Å². The number of sulfonamides is 1. The Labute approximate surface area is 161 Å². The zero-order valence-corrected chi connectivity index (χ0v) is 16.3. The van der Waals surface area contributed by atoms with E-state index in [0.717, 1.165) is 31.6 Å². The number of hydrogen-bond donors (Lipinski definition) is 1. The molecule has 1 aliphatic rings. The summed E-state index contributed by atoms with van der Waals surface area (Å²) in [6.07, 6.45) is 6.69. The van der Waals surface area contributed by atoms with Crippen molar-refractivity contribution in [2.75, 3.05) is 24.5 Å². The van der Waals surface area contributed by atoms with Gasteiger partial charge in [0.05, 0.1) is 4.90 Å². The van der Waals surface area contributed by atoms with Gasteiger partial charge < -0.3 is 4.90 Å². The Morgan fingerprint density at radius 2 is 1.52 bits per heavy atom. The van der Waals surface area contributed by atoms with Crippen LogP contribution in [0.5, 0.6) is 0 Å². The summed E-state index contributed by atoms with van der Waals surface area (Å²) >= 11 is 0. The maximum absolute atomic E-state index is 12.9. The Bertz CT molecular complexity index is 812. The van der Waals surface area contributed by atoms with Gasteiger partial charge in [0.1, 0.15) is 5.82 Å². The molecule has 0 aliphatic carbocycles. The lowest BCUT2D eigenvalue weighted by Crippen LogP contribution is -2.25. The van der Waals surface area contributed by atoms with Gasteiger partial charge in [-0.25, -0.2) is 17.5 Å². The lowest BCUT2D eigenvalue weighted by Gasteiger charge is -2.22. The summed E-state index contributed by atoms with van der Waals surface area (Å²) in [4.78, 5) is 2.54. The van der Waals surface area contributed by atoms with E-state index in [1.165, 1.54) is 49.1 Å². The van der Waals surface area contributed by atoms with Crippen molar-refractivity contribution in [3.8, 4) is 0 Å². The predicted molar refractivity (Wildman–Crippen MR) is 107 cm³/mol. The van der Waals surface area contributed by atoms with Crippen LogP contribution in [0.2, 0.25) is 0 Å². The standard InChI is InChI=1S/C21H27FN2O2S/c22-19-9-13-21(14-10-19)27(25,26)23-15-5-6-18-7-11-20(12-8-18)24-16-3-1-2-4-17-24/h7-14,23H,1-6,15-17H2. The van der Waals surface area contributed by atoms with E-state index in [-0.39, 0.29) is 4.90 Å². The molecule has 27 heavy (non-hydrogen) atoms. The average Bonchev–Trinajstić information content (AvgIpc) is 2.96. The maximum atomic E-state index is 12.9. The van der Waals surface area contributed by atoms with E-state index in [4.69, 9.17) is 0 Å². The molecule has 0 atom stereocenters. The van der Waals surface area contributed by atoms with Gasteiger partial charge in [0.15, 0.2) is 0 Å². The Morgan fingerprint density at radius 1 is 0.889 bits per heavy atom. The molecule has 1 fully saturated rings. The van der Waals surface area contributed by atoms with Crippen LogP contribution in [0.15, 0.2) is 53.4 Å². The van der Waals surface area contributed by atoms with Gasteiger partial charge in [-0.1, -0.05) is 25.0 Å². The van der Waals surface area contributed by atoms with Gasteiger partial charge in [0, 0.05) is 25.3 Å². The van der Waals surface area contributed by atoms with Crippen molar-refractivity contribution in [1.82, 2.24) is 4.72 Å². The van der Waals surface area contributed by atoms with E-state index in [1.807, 2.05) is 0 Å². The molecule has 4 nitrogen and oxygen atoms in total. The van der Waals surface area contributed by atoms with Crippen LogP contribution in [0.25, 0.3) is 0 Å². The van der Waals surface area contributed by atoms with Crippen molar-refractivity contribution < 1.29 is 12.8 Å². The first-order chi connectivity index (χ1) is 13.0. The topological polar surface area (TPSA) is 49.4 Å². The van der Waals surface area contributed by atoms with Gasteiger partial charge in [0.2, 0.25) is 10.0 Å². The number of benzene rings is 2. The van der Waals surface area contributed by atoms with Crippen LogP contribution in [0.3, 0.4) is 0 Å². The highest BCUT2D eigenvalue weighted by molar-refractivity contribution is 7.89. The molecule has 0 amide bonds. The largest absolute Gasteiger partial charge is 0.372 e. The molecule has 2 aromatic rings. The summed E-state index contributed by atoms with van der Waals surface area (Å²) in [7, 11) is -3.58. The van der Waals surface area contributed by atoms with Crippen LogP contribution < -0.4 is 9.62 Å². The summed E-state index contributed by atoms with van der Waals surface area (Å²) in [5.74, 6) is -0.447. The zero-order valence-electron chi connectivity index (χ0n) is 15.5. The molecule has 2 aromatic carbocycles. The number of nitrogens with zero attached hydrogens (tertiary/aromatic N) is 1. The molecule has 1 N–H and O–H groups in total. The number of halogens is 1. The van der Waals surface area contributed by atoms with Gasteiger partial charge in [-0.05, 0) is 67.6 Å². The maximum Gasteiger partial charge on any atom is 0.240 e. The van der Waals surface area contributed by atoms with Crippen molar-refractivity contribution in [3.05, 3.63) is 59.9 Å². The third-order valence-corrected chi connectivity index (χ3v) is 6.44. The van der Waals surface area contributed by atoms with Crippen LogP contribution in [0, 0.1) is 5.82 Å². The van der Waals surface area contributed by atoms with Gasteiger partial charge in [-0.15, -0.1) is 0 Å². The van der Waals surface area contributed by atoms with Crippen molar-refractivity contribution >= 4 is 15.7 Å². The molecule has 0 bridgehead atoms. The number of nitrogens with one attached hydrogen (secondary N) is 1. The predicted octanol–water partition coefficient (Wildman–Crippen LogP) is 4.12. The average molecular weight is 391 g/mol. The molecular weight excluding hydrogens is 363 g/mol. The molecule has 1 saturated heterocycles. The fraction of sp³-hybridized carbons (Fsp3) is 0.429. The van der Waals surface area contributed by atoms with Crippen molar-refractivity contribution in [1.29, 1.82) is 0 Å². The van der Waals surface area contributed by atoms with E-state index < -0.39 is 15.8 Å². The Morgan fingerprint density at radius 3 is 2.15 bits per heavy atom. The monoisotopic (exact) mass is 390 g/mol. The number of anilines is 1. The molecule has 146 valence electrons. The van der Waals surface area contributed by atoms with Gasteiger partial charge >= 0.3 is 0 Å². The fourth-order valence-electron chi connectivity index (χ4n) is 3.40. The minimum atomic E-state index is -3.58. The van der Waals surface area contributed by atoms with E-state index in [1.54, 1.807) is 0 Å². The Kier molecular flexibility index (Phi) is 6.85. The number of rotatable bonds is 7. The van der Waals surface area contributed by atoms with Gasteiger partial charge in [0.25, 0.3) is 0 Å². The molecule has 1 heterocycles. The second-order valence-corrected chi connectivity index (χ2v) is 8.79. The quantitative estimate of drug-likeness (QED) is 0.724. The Balaban J connectivity index is 1.46. The van der Waals surface area contributed by atoms with Crippen molar-refractivity contribution in [3.63, 3.8) is 0 Å². The highest BCUT2D eigenvalue weighted by Gasteiger charge is 2.13. The second kappa shape index (κ2) is 9.33. The van der Waals surface area contributed by atoms with Crippen molar-refractivity contribution in [2.24, 2.45) is 0 Å². The fourth-order valence-corrected chi connectivity index (χ4v) is 4.47. The second-order valence-electron chi connectivity index (χ2n) is 7.02. The zero-order chi connectivity index (χ0) is 19.1. The van der Waals surface area contributed by atoms with Crippen LogP contribution in [-0.2, 0) is 16.4 Å². The molecule has 0 unspecified atom stereocenters. The SMILES string of the molecule is O=S(=O)(NCCCc1ccc(N2CCCCCC2)cc1)c1ccc(F)cc1. The van der Waals surface area contributed by atoms with Crippen LogP contribution in [0.1, 0.15) is 37.7 Å². The highest BCUT2D eigenvalue weighted by atomic mass is 32.2. The summed E-state index contributed by atoms with van der Waals surface area (Å²) in [5.41, 5.74) is 2.48. The smallest absolute Gasteiger partial charge is 0.240 e. The first-order valence-electron chi connectivity index (χ1n) is 9.64. The van der Waals surface area contributed by atoms with E-state index in [9.17, 15) is 12.8 Å². The van der Waals surface area contributed by atoms with Crippen LogP contribution in [0.4, 0.5) is 10.1 Å². The molecule has 0 aromatic heterocycles. The number of aryl methyl sites for hydroxylation is 1. The summed E-state index contributed by atoms with van der Waals surface area (Å²) in [5, 5.41) is 0. The summed E-state index contributed by atoms with van der Waals surface area (Å²) < 4.78 is 39.8. The van der Waals surface area contributed by atoms with E-state index >= 15 is 0 Å². The lowest BCUT2D eigenvalue weighted by molar-refractivity contribution is 0.578. The lowest BCUT2D eigenvalue weighted by atomic mass is 10.1. The first kappa shape index (κ1) is 19.8. The minimum Gasteiger partial charge on any atom is -0.372 e. The number of hydrogen-bond acceptors (Lipinski definition) is 3. The highest BCUT2D eigenvalue weighted by Crippen LogP contribution is 2.20. The Hall–Kier alpha value is -1.92. The molecule has 0 spiro atoms. The van der Waals surface area contributed by atoms with E-state index in [2.05, 4.69) is 33.9 Å². The third kappa shape index (κ3) is 5.78. The molecule has 0 saturated carbocycles. The minimum absolute atomic E-state index is 0.0886. The third-order valence-electron chi connectivity index (χ3n) is 4.97. The normalized spacial score (nSPS) is 15.5. The van der Waals surface area contributed by atoms with Gasteiger partial charge in [-0.3, -0.25) is 0 Å². The van der Waals surface area contributed by atoms with E-state index in [0.29, 0.717) is 13.0 Å². The van der Waals surface area contributed by atoms with Gasteiger partial charge in [-0.2, -0.15) is 0 Å². The molecule has 1 aliphatic heterocycles.